The highest BCUT2D eigenvalue weighted by atomic mass is 35.5. The molecule has 0 saturated heterocycles. The molecule has 0 aliphatic rings. The molecule has 0 aliphatic carbocycles. The average molecular weight is 301 g/mol. The number of benzene rings is 1. The second-order valence-corrected chi connectivity index (χ2v) is 4.47. The fourth-order valence-corrected chi connectivity index (χ4v) is 1.60. The quantitative estimate of drug-likeness (QED) is 0.700. The van der Waals surface area contributed by atoms with Gasteiger partial charge in [-0.1, -0.05) is 53.8 Å². The van der Waals surface area contributed by atoms with Gasteiger partial charge in [0.05, 0.1) is 6.54 Å². The van der Waals surface area contributed by atoms with E-state index in [0.717, 1.165) is 11.1 Å². The van der Waals surface area contributed by atoms with Crippen molar-refractivity contribution >= 4 is 17.7 Å². The summed E-state index contributed by atoms with van der Waals surface area (Å²) >= 11 is 5.67. The van der Waals surface area contributed by atoms with Crippen LogP contribution in [-0.4, -0.2) is 17.6 Å². The van der Waals surface area contributed by atoms with Crippen LogP contribution in [0.15, 0.2) is 48.7 Å². The number of hydrogen-bond acceptors (Lipinski definition) is 3. The van der Waals surface area contributed by atoms with E-state index in [4.69, 9.17) is 16.3 Å². The van der Waals surface area contributed by atoms with Crippen molar-refractivity contribution in [1.82, 2.24) is 10.3 Å². The third kappa shape index (κ3) is 5.55. The van der Waals surface area contributed by atoms with Crippen LogP contribution in [0.2, 0.25) is 5.15 Å². The summed E-state index contributed by atoms with van der Waals surface area (Å²) < 4.78 is 5.05. The monoisotopic (exact) mass is 300 g/mol. The van der Waals surface area contributed by atoms with Crippen LogP contribution in [0.3, 0.4) is 0 Å². The molecule has 0 unspecified atom stereocenters. The van der Waals surface area contributed by atoms with E-state index in [1.807, 2.05) is 30.3 Å². The molecule has 106 valence electrons. The second kappa shape index (κ2) is 7.93. The lowest BCUT2D eigenvalue weighted by Gasteiger charge is -2.04. The topological polar surface area (TPSA) is 51.2 Å². The molecule has 21 heavy (non-hydrogen) atoms. The summed E-state index contributed by atoms with van der Waals surface area (Å²) in [4.78, 5) is 15.3. The minimum Gasteiger partial charge on any atom is -0.445 e. The molecule has 0 bridgehead atoms. The molecule has 1 heterocycles. The zero-order valence-electron chi connectivity index (χ0n) is 11.2. The summed E-state index contributed by atoms with van der Waals surface area (Å²) in [5.74, 6) is 5.66. The molecule has 1 amide bonds. The van der Waals surface area contributed by atoms with Crippen LogP contribution in [0.5, 0.6) is 0 Å². The minimum absolute atomic E-state index is 0.205. The van der Waals surface area contributed by atoms with Gasteiger partial charge in [0, 0.05) is 11.8 Å². The number of aromatic nitrogens is 1. The van der Waals surface area contributed by atoms with Gasteiger partial charge < -0.3 is 10.1 Å². The number of amides is 1. The number of rotatable bonds is 3. The number of halogens is 1. The van der Waals surface area contributed by atoms with Gasteiger partial charge in [-0.25, -0.2) is 9.78 Å². The lowest BCUT2D eigenvalue weighted by molar-refractivity contribution is 0.141. The zero-order valence-corrected chi connectivity index (χ0v) is 11.9. The van der Waals surface area contributed by atoms with Crippen molar-refractivity contribution in [3.8, 4) is 11.8 Å². The fraction of sp³-hybridized carbons (Fsp3) is 0.125. The lowest BCUT2D eigenvalue weighted by Crippen LogP contribution is -2.24. The van der Waals surface area contributed by atoms with Crippen molar-refractivity contribution < 1.29 is 9.53 Å². The van der Waals surface area contributed by atoms with Crippen LogP contribution in [0.25, 0.3) is 0 Å². The van der Waals surface area contributed by atoms with E-state index < -0.39 is 6.09 Å². The molecule has 0 aliphatic heterocycles. The predicted octanol–water partition coefficient (Wildman–Crippen LogP) is 3.01. The van der Waals surface area contributed by atoms with Crippen LogP contribution < -0.4 is 5.32 Å². The van der Waals surface area contributed by atoms with Crippen LogP contribution in [0.1, 0.15) is 11.1 Å². The smallest absolute Gasteiger partial charge is 0.408 e. The predicted molar refractivity (Wildman–Crippen MR) is 80.8 cm³/mol. The Hall–Kier alpha value is -2.51. The number of carbonyl (C=O) groups is 1. The van der Waals surface area contributed by atoms with Gasteiger partial charge in [-0.15, -0.1) is 0 Å². The highest BCUT2D eigenvalue weighted by Gasteiger charge is 2.00. The van der Waals surface area contributed by atoms with Crippen LogP contribution in [-0.2, 0) is 11.3 Å². The summed E-state index contributed by atoms with van der Waals surface area (Å²) in [6.07, 6.45) is 1.07. The van der Waals surface area contributed by atoms with E-state index in [1.54, 1.807) is 18.3 Å². The Balaban J connectivity index is 1.71. The van der Waals surface area contributed by atoms with Gasteiger partial charge >= 0.3 is 6.09 Å². The highest BCUT2D eigenvalue weighted by molar-refractivity contribution is 6.29. The molecule has 0 atom stereocenters. The van der Waals surface area contributed by atoms with Crippen molar-refractivity contribution in [3.63, 3.8) is 0 Å². The normalized spacial score (nSPS) is 9.38. The van der Waals surface area contributed by atoms with Gasteiger partial charge in [0.15, 0.2) is 0 Å². The third-order valence-corrected chi connectivity index (χ3v) is 2.72. The summed E-state index contributed by atoms with van der Waals surface area (Å²) in [5, 5.41) is 2.97. The Kier molecular flexibility index (Phi) is 5.62. The Labute approximate surface area is 128 Å². The first-order valence-electron chi connectivity index (χ1n) is 6.29. The molecule has 0 radical (unpaired) electrons. The van der Waals surface area contributed by atoms with Crippen molar-refractivity contribution in [2.75, 3.05) is 6.54 Å². The number of ether oxygens (including phenoxy) is 1. The molecule has 2 aromatic rings. The summed E-state index contributed by atoms with van der Waals surface area (Å²) in [7, 11) is 0. The Morgan fingerprint density at radius 2 is 2.05 bits per heavy atom. The molecule has 0 spiro atoms. The molecule has 1 N–H and O–H groups in total. The molecule has 5 heteroatoms. The fourth-order valence-electron chi connectivity index (χ4n) is 1.49. The maximum Gasteiger partial charge on any atom is 0.408 e. The molecule has 2 rings (SSSR count). The van der Waals surface area contributed by atoms with Gasteiger partial charge in [-0.05, 0) is 17.7 Å². The number of nitrogens with zero attached hydrogens (tertiary/aromatic N) is 1. The highest BCUT2D eigenvalue weighted by Crippen LogP contribution is 2.03. The standard InChI is InChI=1S/C16H13ClN2O2/c17-15-9-8-13(11-19-15)7-4-10-18-16(20)21-12-14-5-2-1-3-6-14/h1-3,5-6,8-9,11H,10,12H2,(H,18,20). The van der Waals surface area contributed by atoms with E-state index >= 15 is 0 Å². The number of carbonyl (C=O) groups excluding carboxylic acids is 1. The van der Waals surface area contributed by atoms with Gasteiger partial charge in [0.1, 0.15) is 11.8 Å². The van der Waals surface area contributed by atoms with Gasteiger partial charge in [0.25, 0.3) is 0 Å². The molecule has 4 nitrogen and oxygen atoms in total. The Morgan fingerprint density at radius 1 is 1.24 bits per heavy atom. The molecular weight excluding hydrogens is 288 g/mol. The maximum atomic E-state index is 11.4. The van der Waals surface area contributed by atoms with Gasteiger partial charge in [-0.2, -0.15) is 0 Å². The zero-order chi connectivity index (χ0) is 14.9. The molecule has 1 aromatic heterocycles. The maximum absolute atomic E-state index is 11.4. The molecular formula is C16H13ClN2O2. The van der Waals surface area contributed by atoms with E-state index in [2.05, 4.69) is 22.1 Å². The van der Waals surface area contributed by atoms with Crippen molar-refractivity contribution in [2.24, 2.45) is 0 Å². The van der Waals surface area contributed by atoms with E-state index in [9.17, 15) is 4.79 Å². The van der Waals surface area contributed by atoms with Crippen LogP contribution in [0.4, 0.5) is 4.79 Å². The summed E-state index contributed by atoms with van der Waals surface area (Å²) in [5.41, 5.74) is 1.67. The molecule has 0 fully saturated rings. The minimum atomic E-state index is -0.498. The SMILES string of the molecule is O=C(NCC#Cc1ccc(Cl)nc1)OCc1ccccc1. The lowest BCUT2D eigenvalue weighted by atomic mass is 10.2. The third-order valence-electron chi connectivity index (χ3n) is 2.49. The number of hydrogen-bond donors (Lipinski definition) is 1. The van der Waals surface area contributed by atoms with Crippen LogP contribution >= 0.6 is 11.6 Å². The first-order chi connectivity index (χ1) is 10.2. The van der Waals surface area contributed by atoms with Gasteiger partial charge in [-0.3, -0.25) is 0 Å². The first kappa shape index (κ1) is 14.9. The van der Waals surface area contributed by atoms with Crippen molar-refractivity contribution in [2.45, 2.75) is 6.61 Å². The number of alkyl carbamates (subject to hydrolysis) is 1. The largest absolute Gasteiger partial charge is 0.445 e. The molecule has 1 aromatic carbocycles. The Bertz CT molecular complexity index is 645. The van der Waals surface area contributed by atoms with Gasteiger partial charge in [0.2, 0.25) is 0 Å². The van der Waals surface area contributed by atoms with E-state index in [-0.39, 0.29) is 13.2 Å². The first-order valence-corrected chi connectivity index (χ1v) is 6.67. The van der Waals surface area contributed by atoms with Crippen molar-refractivity contribution in [3.05, 3.63) is 64.9 Å². The molecule has 0 saturated carbocycles. The Morgan fingerprint density at radius 3 is 2.76 bits per heavy atom. The summed E-state index contributed by atoms with van der Waals surface area (Å²) in [6, 6.07) is 12.9. The average Bonchev–Trinajstić information content (AvgIpc) is 2.52. The summed E-state index contributed by atoms with van der Waals surface area (Å²) in [6.45, 7) is 0.442. The van der Waals surface area contributed by atoms with E-state index in [0.29, 0.717) is 5.15 Å². The number of nitrogens with one attached hydrogen (secondary N) is 1. The number of pyridine rings is 1. The second-order valence-electron chi connectivity index (χ2n) is 4.09. The van der Waals surface area contributed by atoms with Crippen LogP contribution in [0, 0.1) is 11.8 Å². The van der Waals surface area contributed by atoms with E-state index in [1.165, 1.54) is 0 Å². The van der Waals surface area contributed by atoms with Crippen molar-refractivity contribution in [1.29, 1.82) is 0 Å².